The maximum absolute atomic E-state index is 12.9. The van der Waals surface area contributed by atoms with Crippen molar-refractivity contribution < 1.29 is 4.79 Å². The Morgan fingerprint density at radius 1 is 1.10 bits per heavy atom. The summed E-state index contributed by atoms with van der Waals surface area (Å²) in [5, 5.41) is 6.47. The van der Waals surface area contributed by atoms with Gasteiger partial charge in [-0.3, -0.25) is 4.79 Å². The molecule has 0 aromatic heterocycles. The molecular formula is C25H33N3O. The van der Waals surface area contributed by atoms with Crippen molar-refractivity contribution in [2.24, 2.45) is 5.10 Å². The normalized spacial score (nSPS) is 15.7. The largest absolute Gasteiger partial charge is 0.302 e. The van der Waals surface area contributed by atoms with Crippen LogP contribution in [-0.4, -0.2) is 40.7 Å². The Morgan fingerprint density at radius 2 is 1.76 bits per heavy atom. The minimum Gasteiger partial charge on any atom is -0.302 e. The van der Waals surface area contributed by atoms with Crippen LogP contribution in [0.2, 0.25) is 0 Å². The summed E-state index contributed by atoms with van der Waals surface area (Å²) >= 11 is 0. The fourth-order valence-electron chi connectivity index (χ4n) is 4.05. The molecule has 0 fully saturated rings. The van der Waals surface area contributed by atoms with Crippen LogP contribution in [0.5, 0.6) is 0 Å². The van der Waals surface area contributed by atoms with Gasteiger partial charge in [-0.05, 0) is 58.8 Å². The van der Waals surface area contributed by atoms with Gasteiger partial charge in [0.25, 0.3) is 0 Å². The third-order valence-corrected chi connectivity index (χ3v) is 5.41. The van der Waals surface area contributed by atoms with E-state index in [2.05, 4.69) is 82.1 Å². The molecule has 0 spiro atoms. The highest BCUT2D eigenvalue weighted by Gasteiger charge is 2.38. The molecule has 0 atom stereocenters. The zero-order chi connectivity index (χ0) is 21.0. The van der Waals surface area contributed by atoms with E-state index in [1.165, 1.54) is 16.7 Å². The van der Waals surface area contributed by atoms with Crippen molar-refractivity contribution in [3.05, 3.63) is 70.8 Å². The molecular weight excluding hydrogens is 358 g/mol. The number of hydrogen-bond acceptors (Lipinski definition) is 3. The van der Waals surface area contributed by atoms with E-state index in [-0.39, 0.29) is 11.4 Å². The smallest absolute Gasteiger partial charge is 0.243 e. The maximum atomic E-state index is 12.9. The van der Waals surface area contributed by atoms with Crippen molar-refractivity contribution in [3.8, 4) is 0 Å². The quantitative estimate of drug-likeness (QED) is 0.671. The van der Waals surface area contributed by atoms with Crippen LogP contribution in [0.25, 0.3) is 0 Å². The molecule has 1 amide bonds. The lowest BCUT2D eigenvalue weighted by molar-refractivity contribution is -0.135. The van der Waals surface area contributed by atoms with Crippen molar-refractivity contribution >= 4 is 11.6 Å². The predicted molar refractivity (Wildman–Crippen MR) is 120 cm³/mol. The zero-order valence-electron chi connectivity index (χ0n) is 18.4. The second-order valence-corrected chi connectivity index (χ2v) is 8.94. The van der Waals surface area contributed by atoms with E-state index in [1.54, 1.807) is 5.01 Å². The first-order valence-corrected chi connectivity index (χ1v) is 10.5. The van der Waals surface area contributed by atoms with Crippen LogP contribution < -0.4 is 0 Å². The highest BCUT2D eigenvalue weighted by molar-refractivity contribution is 6.03. The number of hydrazone groups is 1. The first-order valence-electron chi connectivity index (χ1n) is 10.5. The maximum Gasteiger partial charge on any atom is 0.243 e. The Hall–Kier alpha value is -2.46. The summed E-state index contributed by atoms with van der Waals surface area (Å²) in [6.07, 6.45) is 2.14. The lowest BCUT2D eigenvalue weighted by atomic mass is 9.93. The van der Waals surface area contributed by atoms with Crippen molar-refractivity contribution in [1.29, 1.82) is 0 Å². The van der Waals surface area contributed by atoms with Crippen LogP contribution in [-0.2, 0) is 11.3 Å². The first kappa shape index (κ1) is 21.3. The van der Waals surface area contributed by atoms with Gasteiger partial charge in [-0.1, -0.05) is 59.7 Å². The Labute approximate surface area is 175 Å². The van der Waals surface area contributed by atoms with Crippen LogP contribution in [0.15, 0.2) is 53.6 Å². The molecule has 2 aromatic rings. The molecule has 3 rings (SSSR count). The summed E-state index contributed by atoms with van der Waals surface area (Å²) in [4.78, 5) is 15.2. The van der Waals surface area contributed by atoms with Crippen LogP contribution >= 0.6 is 0 Å². The number of nitrogens with zero attached hydrogens (tertiary/aromatic N) is 3. The van der Waals surface area contributed by atoms with Gasteiger partial charge in [0.15, 0.2) is 0 Å². The Morgan fingerprint density at radius 3 is 2.41 bits per heavy atom. The number of benzene rings is 2. The molecule has 1 aliphatic rings. The first-order chi connectivity index (χ1) is 13.7. The van der Waals surface area contributed by atoms with Crippen molar-refractivity contribution in [2.45, 2.75) is 59.0 Å². The van der Waals surface area contributed by atoms with Crippen molar-refractivity contribution in [1.82, 2.24) is 9.91 Å². The molecule has 4 nitrogen and oxygen atoms in total. The van der Waals surface area contributed by atoms with Gasteiger partial charge in [-0.25, -0.2) is 5.01 Å². The van der Waals surface area contributed by atoms with E-state index in [0.29, 0.717) is 6.42 Å². The second-order valence-electron chi connectivity index (χ2n) is 8.94. The van der Waals surface area contributed by atoms with Gasteiger partial charge in [0.1, 0.15) is 0 Å². The Kier molecular flexibility index (Phi) is 6.53. The topological polar surface area (TPSA) is 35.9 Å². The molecule has 29 heavy (non-hydrogen) atoms. The molecule has 1 heterocycles. The average molecular weight is 392 g/mol. The van der Waals surface area contributed by atoms with E-state index in [9.17, 15) is 4.79 Å². The molecule has 0 aliphatic carbocycles. The monoisotopic (exact) mass is 391 g/mol. The third kappa shape index (κ3) is 5.54. The highest BCUT2D eigenvalue weighted by atomic mass is 16.2. The van der Waals surface area contributed by atoms with Crippen molar-refractivity contribution in [2.75, 3.05) is 13.6 Å². The molecule has 0 saturated carbocycles. The molecule has 0 saturated heterocycles. The summed E-state index contributed by atoms with van der Waals surface area (Å²) in [5.74, 6) is 0.113. The lowest BCUT2D eigenvalue weighted by Gasteiger charge is -2.28. The fraction of sp³-hybridized carbons (Fsp3) is 0.440. The van der Waals surface area contributed by atoms with Crippen LogP contribution in [0.1, 0.15) is 55.4 Å². The molecule has 1 aliphatic heterocycles. The minimum atomic E-state index is -0.278. The Balaban J connectivity index is 1.58. The van der Waals surface area contributed by atoms with E-state index in [4.69, 9.17) is 5.10 Å². The van der Waals surface area contributed by atoms with Gasteiger partial charge in [0, 0.05) is 19.4 Å². The predicted octanol–water partition coefficient (Wildman–Crippen LogP) is 4.93. The summed E-state index contributed by atoms with van der Waals surface area (Å²) < 4.78 is 0. The zero-order valence-corrected chi connectivity index (χ0v) is 18.4. The minimum absolute atomic E-state index is 0.113. The summed E-state index contributed by atoms with van der Waals surface area (Å²) in [7, 11) is 2.10. The van der Waals surface area contributed by atoms with Gasteiger partial charge in [-0.2, -0.15) is 5.10 Å². The highest BCUT2D eigenvalue weighted by Crippen LogP contribution is 2.30. The van der Waals surface area contributed by atoms with E-state index >= 15 is 0 Å². The number of carbonyl (C=O) groups is 1. The van der Waals surface area contributed by atoms with Crippen LogP contribution in [0.4, 0.5) is 0 Å². The summed E-state index contributed by atoms with van der Waals surface area (Å²) in [6, 6.07) is 16.9. The molecule has 0 unspecified atom stereocenters. The van der Waals surface area contributed by atoms with E-state index < -0.39 is 0 Å². The average Bonchev–Trinajstić information content (AvgIpc) is 2.97. The Bertz CT molecular complexity index is 866. The van der Waals surface area contributed by atoms with Gasteiger partial charge in [0.05, 0.1) is 11.3 Å². The van der Waals surface area contributed by atoms with Gasteiger partial charge < -0.3 is 4.90 Å². The van der Waals surface area contributed by atoms with Gasteiger partial charge >= 0.3 is 0 Å². The van der Waals surface area contributed by atoms with Crippen molar-refractivity contribution in [3.63, 3.8) is 0 Å². The van der Waals surface area contributed by atoms with E-state index in [0.717, 1.165) is 37.2 Å². The van der Waals surface area contributed by atoms with Crippen LogP contribution in [0.3, 0.4) is 0 Å². The third-order valence-electron chi connectivity index (χ3n) is 5.41. The van der Waals surface area contributed by atoms with E-state index in [1.807, 2.05) is 6.07 Å². The summed E-state index contributed by atoms with van der Waals surface area (Å²) in [6.45, 7) is 10.2. The number of hydrogen-bond donors (Lipinski definition) is 0. The molecule has 0 bridgehead atoms. The molecule has 0 radical (unpaired) electrons. The second kappa shape index (κ2) is 8.91. The number of aryl methyl sites for hydroxylation is 2. The molecule has 4 heteroatoms. The number of rotatable bonds is 7. The standard InChI is InChI=1S/C25H33N3O/c1-19-14-20(2)16-22(15-19)23-17-25(3,4)28(26-23)24(29)12-9-13-27(5)18-21-10-7-6-8-11-21/h6-8,10-11,14-16H,9,12-13,17-18H2,1-5H3. The molecule has 0 N–H and O–H groups in total. The fourth-order valence-corrected chi connectivity index (χ4v) is 4.05. The molecule has 154 valence electrons. The number of carbonyl (C=O) groups excluding carboxylic acids is 1. The lowest BCUT2D eigenvalue weighted by Crippen LogP contribution is -2.41. The summed E-state index contributed by atoms with van der Waals surface area (Å²) in [5.41, 5.74) is 5.62. The number of amides is 1. The SMILES string of the molecule is Cc1cc(C)cc(C2=NN(C(=O)CCCN(C)Cc3ccccc3)C(C)(C)C2)c1. The van der Waals surface area contributed by atoms with Crippen LogP contribution in [0, 0.1) is 13.8 Å². The van der Waals surface area contributed by atoms with Gasteiger partial charge in [0.2, 0.25) is 5.91 Å². The molecule has 2 aromatic carbocycles. The van der Waals surface area contributed by atoms with Gasteiger partial charge in [-0.15, -0.1) is 0 Å².